The zero-order valence-electron chi connectivity index (χ0n) is 17.7. The van der Waals surface area contributed by atoms with Gasteiger partial charge in [-0.05, 0) is 52.4 Å². The lowest BCUT2D eigenvalue weighted by molar-refractivity contribution is 0.0321. The fourth-order valence-electron chi connectivity index (χ4n) is 2.69. The van der Waals surface area contributed by atoms with Crippen LogP contribution in [-0.2, 0) is 16.1 Å². The Labute approximate surface area is 200 Å². The molecular weight excluding hydrogens is 527 g/mol. The molecule has 0 bridgehead atoms. The third-order valence-corrected chi connectivity index (χ3v) is 5.07. The first-order valence-electron chi connectivity index (χ1n) is 9.66. The van der Waals surface area contributed by atoms with Gasteiger partial charge in [-0.15, -0.1) is 0 Å². The maximum atomic E-state index is 12.9. The molecule has 0 aliphatic carbocycles. The number of rotatable bonds is 11. The van der Waals surface area contributed by atoms with Gasteiger partial charge < -0.3 is 28.4 Å². The highest BCUT2D eigenvalue weighted by molar-refractivity contribution is 14.1. The quantitative estimate of drug-likeness (QED) is 0.143. The van der Waals surface area contributed by atoms with Gasteiger partial charge in [0.25, 0.3) is 0 Å². The SMILES string of the molecule is COCOc1cc(I)c(C(=O)Oc2cccc(OCc3ccccc3)c2)cc1OCOC. The van der Waals surface area contributed by atoms with Crippen LogP contribution in [-0.4, -0.2) is 33.8 Å². The second kappa shape index (κ2) is 12.3. The van der Waals surface area contributed by atoms with Crippen LogP contribution in [0, 0.1) is 3.57 Å². The Morgan fingerprint density at radius 1 is 0.781 bits per heavy atom. The van der Waals surface area contributed by atoms with Gasteiger partial charge in [0.1, 0.15) is 18.1 Å². The lowest BCUT2D eigenvalue weighted by Crippen LogP contribution is -2.12. The first-order valence-corrected chi connectivity index (χ1v) is 10.7. The van der Waals surface area contributed by atoms with Crippen molar-refractivity contribution in [1.82, 2.24) is 0 Å². The number of halogens is 1. The summed E-state index contributed by atoms with van der Waals surface area (Å²) < 4.78 is 33.0. The summed E-state index contributed by atoms with van der Waals surface area (Å²) in [4.78, 5) is 12.9. The Kier molecular flexibility index (Phi) is 9.14. The molecule has 0 aliphatic rings. The lowest BCUT2D eigenvalue weighted by atomic mass is 10.2. The van der Waals surface area contributed by atoms with Gasteiger partial charge in [-0.2, -0.15) is 0 Å². The number of carbonyl (C=O) groups is 1. The molecule has 0 N–H and O–H groups in total. The molecule has 0 aliphatic heterocycles. The van der Waals surface area contributed by atoms with Gasteiger partial charge in [0.15, 0.2) is 25.1 Å². The molecule has 0 heterocycles. The Morgan fingerprint density at radius 2 is 1.44 bits per heavy atom. The van der Waals surface area contributed by atoms with Crippen LogP contribution >= 0.6 is 22.6 Å². The molecule has 7 nitrogen and oxygen atoms in total. The molecule has 0 fully saturated rings. The first-order chi connectivity index (χ1) is 15.6. The van der Waals surface area contributed by atoms with Gasteiger partial charge >= 0.3 is 5.97 Å². The third kappa shape index (κ3) is 6.84. The molecule has 3 rings (SSSR count). The maximum Gasteiger partial charge on any atom is 0.344 e. The van der Waals surface area contributed by atoms with Gasteiger partial charge in [0.2, 0.25) is 0 Å². The number of esters is 1. The highest BCUT2D eigenvalue weighted by Gasteiger charge is 2.18. The average molecular weight is 550 g/mol. The molecule has 3 aromatic carbocycles. The van der Waals surface area contributed by atoms with Crippen molar-refractivity contribution < 1.29 is 33.2 Å². The van der Waals surface area contributed by atoms with E-state index in [9.17, 15) is 4.79 Å². The minimum atomic E-state index is -0.532. The van der Waals surface area contributed by atoms with E-state index in [0.717, 1.165) is 5.56 Å². The van der Waals surface area contributed by atoms with E-state index in [1.54, 1.807) is 30.3 Å². The van der Waals surface area contributed by atoms with Gasteiger partial charge in [0.05, 0.1) is 5.56 Å². The van der Waals surface area contributed by atoms with Crippen LogP contribution in [0.5, 0.6) is 23.0 Å². The van der Waals surface area contributed by atoms with E-state index in [1.807, 2.05) is 59.0 Å². The van der Waals surface area contributed by atoms with Crippen molar-refractivity contribution in [3.8, 4) is 23.0 Å². The summed E-state index contributed by atoms with van der Waals surface area (Å²) >= 11 is 2.04. The molecule has 0 saturated heterocycles. The molecule has 3 aromatic rings. The predicted molar refractivity (Wildman–Crippen MR) is 126 cm³/mol. The van der Waals surface area contributed by atoms with E-state index in [2.05, 4.69) is 0 Å². The van der Waals surface area contributed by atoms with Crippen LogP contribution in [0.1, 0.15) is 15.9 Å². The van der Waals surface area contributed by atoms with Crippen LogP contribution in [0.4, 0.5) is 0 Å². The zero-order valence-corrected chi connectivity index (χ0v) is 19.9. The van der Waals surface area contributed by atoms with Crippen LogP contribution in [0.3, 0.4) is 0 Å². The van der Waals surface area contributed by atoms with E-state index < -0.39 is 5.97 Å². The topological polar surface area (TPSA) is 72.5 Å². The zero-order chi connectivity index (χ0) is 22.8. The number of benzene rings is 3. The molecule has 0 amide bonds. The molecule has 0 saturated carbocycles. The number of carbonyl (C=O) groups excluding carboxylic acids is 1. The Bertz CT molecular complexity index is 1020. The number of hydrogen-bond donors (Lipinski definition) is 0. The summed E-state index contributed by atoms with van der Waals surface area (Å²) in [6.45, 7) is 0.456. The van der Waals surface area contributed by atoms with E-state index in [0.29, 0.717) is 38.7 Å². The van der Waals surface area contributed by atoms with E-state index in [1.165, 1.54) is 14.2 Å². The number of hydrogen-bond acceptors (Lipinski definition) is 7. The first kappa shape index (κ1) is 23.8. The Morgan fingerprint density at radius 3 is 2.12 bits per heavy atom. The van der Waals surface area contributed by atoms with E-state index in [-0.39, 0.29) is 13.6 Å². The Hall–Kier alpha value is -2.82. The summed E-state index contributed by atoms with van der Waals surface area (Å²) in [5.74, 6) is 1.21. The van der Waals surface area contributed by atoms with Gasteiger partial charge in [-0.25, -0.2) is 4.79 Å². The summed E-state index contributed by atoms with van der Waals surface area (Å²) in [6.07, 6.45) is 0. The average Bonchev–Trinajstić information content (AvgIpc) is 2.81. The summed E-state index contributed by atoms with van der Waals surface area (Å²) in [5.41, 5.74) is 1.38. The largest absolute Gasteiger partial charge is 0.489 e. The lowest BCUT2D eigenvalue weighted by Gasteiger charge is -2.15. The van der Waals surface area contributed by atoms with Crippen molar-refractivity contribution in [1.29, 1.82) is 0 Å². The molecule has 8 heteroatoms. The molecule has 0 atom stereocenters. The molecule has 0 radical (unpaired) electrons. The third-order valence-electron chi connectivity index (χ3n) is 4.18. The minimum Gasteiger partial charge on any atom is -0.489 e. The summed E-state index contributed by atoms with van der Waals surface area (Å²) in [6, 6.07) is 20.0. The molecular formula is C24H23IO7. The van der Waals surface area contributed by atoms with Crippen LogP contribution in [0.15, 0.2) is 66.7 Å². The summed E-state index contributed by atoms with van der Waals surface area (Å²) in [5, 5.41) is 0. The van der Waals surface area contributed by atoms with Crippen LogP contribution in [0.2, 0.25) is 0 Å². The number of methoxy groups -OCH3 is 2. The second-order valence-electron chi connectivity index (χ2n) is 6.52. The highest BCUT2D eigenvalue weighted by Crippen LogP contribution is 2.33. The number of ether oxygens (including phenoxy) is 6. The molecule has 0 spiro atoms. The maximum absolute atomic E-state index is 12.9. The smallest absolute Gasteiger partial charge is 0.344 e. The normalized spacial score (nSPS) is 10.5. The molecule has 0 aromatic heterocycles. The van der Waals surface area contributed by atoms with Crippen LogP contribution in [0.25, 0.3) is 0 Å². The van der Waals surface area contributed by atoms with Crippen molar-refractivity contribution in [3.63, 3.8) is 0 Å². The fourth-order valence-corrected chi connectivity index (χ4v) is 3.35. The minimum absolute atomic E-state index is 0.000773. The van der Waals surface area contributed by atoms with E-state index >= 15 is 0 Å². The monoisotopic (exact) mass is 550 g/mol. The molecule has 32 heavy (non-hydrogen) atoms. The van der Waals surface area contributed by atoms with Crippen molar-refractivity contribution in [2.75, 3.05) is 27.8 Å². The predicted octanol–water partition coefficient (Wildman–Crippen LogP) is 5.05. The van der Waals surface area contributed by atoms with Crippen molar-refractivity contribution in [3.05, 3.63) is 81.4 Å². The standard InChI is InChI=1S/C24H23IO7/c1-27-15-30-22-12-20(21(25)13-23(22)31-16-28-2)24(26)32-19-10-6-9-18(11-19)29-14-17-7-4-3-5-8-17/h3-13H,14-16H2,1-2H3. The van der Waals surface area contributed by atoms with Crippen molar-refractivity contribution in [2.24, 2.45) is 0 Å². The Balaban J connectivity index is 1.73. The van der Waals surface area contributed by atoms with Crippen LogP contribution < -0.4 is 18.9 Å². The highest BCUT2D eigenvalue weighted by atomic mass is 127. The van der Waals surface area contributed by atoms with Crippen molar-refractivity contribution in [2.45, 2.75) is 6.61 Å². The second-order valence-corrected chi connectivity index (χ2v) is 7.68. The molecule has 0 unspecified atom stereocenters. The van der Waals surface area contributed by atoms with Gasteiger partial charge in [0, 0.05) is 23.9 Å². The van der Waals surface area contributed by atoms with E-state index in [4.69, 9.17) is 28.4 Å². The summed E-state index contributed by atoms with van der Waals surface area (Å²) in [7, 11) is 3.02. The fraction of sp³-hybridized carbons (Fsp3) is 0.208. The van der Waals surface area contributed by atoms with Gasteiger partial charge in [-0.3, -0.25) is 0 Å². The van der Waals surface area contributed by atoms with Crippen molar-refractivity contribution >= 4 is 28.6 Å². The van der Waals surface area contributed by atoms with Gasteiger partial charge in [-0.1, -0.05) is 36.4 Å². The molecule has 168 valence electrons.